The summed E-state index contributed by atoms with van der Waals surface area (Å²) in [7, 11) is 0. The van der Waals surface area contributed by atoms with Gasteiger partial charge in [0.25, 0.3) is 0 Å². The van der Waals surface area contributed by atoms with E-state index >= 15 is 0 Å². The fourth-order valence-electron chi connectivity index (χ4n) is 2.94. The number of ketones is 2. The zero-order valence-corrected chi connectivity index (χ0v) is 11.4. The second kappa shape index (κ2) is 5.05. The van der Waals surface area contributed by atoms with E-state index in [9.17, 15) is 9.59 Å². The summed E-state index contributed by atoms with van der Waals surface area (Å²) < 4.78 is 0. The molecule has 96 valence electrons. The molecular formula is C16H20O2. The van der Waals surface area contributed by atoms with E-state index in [-0.39, 0.29) is 17.5 Å². The summed E-state index contributed by atoms with van der Waals surface area (Å²) >= 11 is 0. The van der Waals surface area contributed by atoms with Crippen LogP contribution in [0.3, 0.4) is 0 Å². The number of Topliss-reactive ketones (excluding diaryl/α,β-unsaturated/α-hetero) is 2. The van der Waals surface area contributed by atoms with E-state index < -0.39 is 0 Å². The molecule has 0 spiro atoms. The normalized spacial score (nSPS) is 19.3. The van der Waals surface area contributed by atoms with Crippen molar-refractivity contribution in [3.8, 4) is 0 Å². The number of aryl methyl sites for hydroxylation is 3. The third kappa shape index (κ3) is 2.53. The van der Waals surface area contributed by atoms with Crippen molar-refractivity contribution >= 4 is 11.6 Å². The molecule has 0 amide bonds. The first-order chi connectivity index (χ1) is 8.49. The van der Waals surface area contributed by atoms with Gasteiger partial charge in [-0.05, 0) is 50.3 Å². The topological polar surface area (TPSA) is 34.1 Å². The predicted molar refractivity (Wildman–Crippen MR) is 71.7 cm³/mol. The van der Waals surface area contributed by atoms with Gasteiger partial charge in [0.15, 0.2) is 0 Å². The average molecular weight is 244 g/mol. The van der Waals surface area contributed by atoms with Gasteiger partial charge in [0.1, 0.15) is 11.6 Å². The van der Waals surface area contributed by atoms with Gasteiger partial charge in [-0.15, -0.1) is 0 Å². The van der Waals surface area contributed by atoms with E-state index in [1.807, 2.05) is 13.8 Å². The molecule has 1 aromatic rings. The molecule has 0 bridgehead atoms. The molecule has 0 N–H and O–H groups in total. The zero-order valence-electron chi connectivity index (χ0n) is 11.4. The van der Waals surface area contributed by atoms with E-state index in [1.54, 1.807) is 0 Å². The molecule has 0 aromatic heterocycles. The lowest BCUT2D eigenvalue weighted by molar-refractivity contribution is -0.130. The molecule has 0 saturated heterocycles. The van der Waals surface area contributed by atoms with Crippen LogP contribution in [0, 0.1) is 26.7 Å². The molecule has 2 rings (SSSR count). The SMILES string of the molecule is Cc1cc(C)c(CC(=O)C2CCCC2=O)c(C)c1. The minimum absolute atomic E-state index is 0.104. The van der Waals surface area contributed by atoms with E-state index in [0.29, 0.717) is 12.8 Å². The van der Waals surface area contributed by atoms with Crippen LogP contribution in [0.2, 0.25) is 0 Å². The van der Waals surface area contributed by atoms with Crippen molar-refractivity contribution in [2.45, 2.75) is 46.5 Å². The summed E-state index contributed by atoms with van der Waals surface area (Å²) in [5.41, 5.74) is 4.64. The summed E-state index contributed by atoms with van der Waals surface area (Å²) in [5, 5.41) is 0. The van der Waals surface area contributed by atoms with E-state index in [1.165, 1.54) is 5.56 Å². The molecule has 1 fully saturated rings. The highest BCUT2D eigenvalue weighted by Gasteiger charge is 2.30. The third-order valence-electron chi connectivity index (χ3n) is 3.88. The summed E-state index contributed by atoms with van der Waals surface area (Å²) in [5.74, 6) is -0.0833. The Hall–Kier alpha value is -1.44. The van der Waals surface area contributed by atoms with Gasteiger partial charge in [-0.25, -0.2) is 0 Å². The van der Waals surface area contributed by atoms with Gasteiger partial charge < -0.3 is 0 Å². The van der Waals surface area contributed by atoms with Crippen LogP contribution in [0.4, 0.5) is 0 Å². The highest BCUT2D eigenvalue weighted by molar-refractivity contribution is 6.04. The maximum Gasteiger partial charge on any atom is 0.147 e. The first-order valence-electron chi connectivity index (χ1n) is 6.61. The molecule has 0 heterocycles. The van der Waals surface area contributed by atoms with E-state index in [2.05, 4.69) is 19.1 Å². The van der Waals surface area contributed by atoms with Gasteiger partial charge in [-0.1, -0.05) is 17.7 Å². The highest BCUT2D eigenvalue weighted by atomic mass is 16.2. The van der Waals surface area contributed by atoms with Crippen molar-refractivity contribution in [1.82, 2.24) is 0 Å². The lowest BCUT2D eigenvalue weighted by Crippen LogP contribution is -2.21. The number of carbonyl (C=O) groups is 2. The van der Waals surface area contributed by atoms with Gasteiger partial charge in [-0.3, -0.25) is 9.59 Å². The Kier molecular flexibility index (Phi) is 3.65. The minimum atomic E-state index is -0.329. The molecule has 1 aliphatic rings. The predicted octanol–water partition coefficient (Wildman–Crippen LogP) is 3.09. The summed E-state index contributed by atoms with van der Waals surface area (Å²) in [6.07, 6.45) is 2.62. The first kappa shape index (κ1) is 13.0. The van der Waals surface area contributed by atoms with Crippen LogP contribution < -0.4 is 0 Å². The minimum Gasteiger partial charge on any atom is -0.299 e. The molecule has 1 atom stereocenters. The number of hydrogen-bond donors (Lipinski definition) is 0. The van der Waals surface area contributed by atoms with Crippen LogP contribution in [0.1, 0.15) is 41.5 Å². The molecule has 0 radical (unpaired) electrons. The van der Waals surface area contributed by atoms with Crippen molar-refractivity contribution in [3.05, 3.63) is 34.4 Å². The van der Waals surface area contributed by atoms with Crippen molar-refractivity contribution in [2.75, 3.05) is 0 Å². The van der Waals surface area contributed by atoms with Crippen molar-refractivity contribution in [3.63, 3.8) is 0 Å². The van der Waals surface area contributed by atoms with E-state index in [4.69, 9.17) is 0 Å². The summed E-state index contributed by atoms with van der Waals surface area (Å²) in [6.45, 7) is 6.14. The molecule has 2 nitrogen and oxygen atoms in total. The van der Waals surface area contributed by atoms with Crippen LogP contribution in [-0.2, 0) is 16.0 Å². The number of benzene rings is 1. The molecule has 1 aromatic carbocycles. The Bertz CT molecular complexity index is 477. The Morgan fingerprint density at radius 1 is 1.22 bits per heavy atom. The van der Waals surface area contributed by atoms with Crippen molar-refractivity contribution in [1.29, 1.82) is 0 Å². The zero-order chi connectivity index (χ0) is 13.3. The van der Waals surface area contributed by atoms with Crippen LogP contribution >= 0.6 is 0 Å². The standard InChI is InChI=1S/C16H20O2/c1-10-7-11(2)14(12(3)8-10)9-16(18)13-5-4-6-15(13)17/h7-8,13H,4-6,9H2,1-3H3. The summed E-state index contributed by atoms with van der Waals surface area (Å²) in [4.78, 5) is 23.8. The molecule has 1 aliphatic carbocycles. The molecule has 0 aliphatic heterocycles. The Morgan fingerprint density at radius 2 is 1.83 bits per heavy atom. The Morgan fingerprint density at radius 3 is 2.33 bits per heavy atom. The van der Waals surface area contributed by atoms with Gasteiger partial charge in [-0.2, -0.15) is 0 Å². The quantitative estimate of drug-likeness (QED) is 0.766. The smallest absolute Gasteiger partial charge is 0.147 e. The van der Waals surface area contributed by atoms with Crippen LogP contribution in [-0.4, -0.2) is 11.6 Å². The summed E-state index contributed by atoms with van der Waals surface area (Å²) in [6, 6.07) is 4.21. The molecule has 18 heavy (non-hydrogen) atoms. The second-order valence-corrected chi connectivity index (χ2v) is 5.43. The Balaban J connectivity index is 2.19. The number of rotatable bonds is 3. The van der Waals surface area contributed by atoms with Gasteiger partial charge in [0.05, 0.1) is 5.92 Å². The fourth-order valence-corrected chi connectivity index (χ4v) is 2.94. The van der Waals surface area contributed by atoms with Gasteiger partial charge in [0.2, 0.25) is 0 Å². The van der Waals surface area contributed by atoms with Gasteiger partial charge >= 0.3 is 0 Å². The Labute approximate surface area is 108 Å². The maximum absolute atomic E-state index is 12.2. The maximum atomic E-state index is 12.2. The highest BCUT2D eigenvalue weighted by Crippen LogP contribution is 2.25. The number of carbonyl (C=O) groups excluding carboxylic acids is 2. The molecule has 1 saturated carbocycles. The van der Waals surface area contributed by atoms with Crippen LogP contribution in [0.5, 0.6) is 0 Å². The molecule has 2 heteroatoms. The van der Waals surface area contributed by atoms with Crippen molar-refractivity contribution in [2.24, 2.45) is 5.92 Å². The van der Waals surface area contributed by atoms with Crippen LogP contribution in [0.15, 0.2) is 12.1 Å². The fraction of sp³-hybridized carbons (Fsp3) is 0.500. The van der Waals surface area contributed by atoms with Gasteiger partial charge in [0, 0.05) is 12.8 Å². The van der Waals surface area contributed by atoms with Crippen LogP contribution in [0.25, 0.3) is 0 Å². The average Bonchev–Trinajstić information content (AvgIpc) is 2.69. The third-order valence-corrected chi connectivity index (χ3v) is 3.88. The first-order valence-corrected chi connectivity index (χ1v) is 6.61. The molecule has 1 unspecified atom stereocenters. The second-order valence-electron chi connectivity index (χ2n) is 5.43. The van der Waals surface area contributed by atoms with E-state index in [0.717, 1.165) is 29.5 Å². The number of hydrogen-bond acceptors (Lipinski definition) is 2. The largest absolute Gasteiger partial charge is 0.299 e. The van der Waals surface area contributed by atoms with Crippen molar-refractivity contribution < 1.29 is 9.59 Å². The lowest BCUT2D eigenvalue weighted by Gasteiger charge is -2.13. The lowest BCUT2D eigenvalue weighted by atomic mass is 9.90. The monoisotopic (exact) mass is 244 g/mol. The molecular weight excluding hydrogens is 224 g/mol.